The van der Waals surface area contributed by atoms with E-state index >= 15 is 0 Å². The number of aromatic amines is 1. The van der Waals surface area contributed by atoms with Gasteiger partial charge in [0.2, 0.25) is 5.43 Å². The quantitative estimate of drug-likeness (QED) is 0.657. The predicted octanol–water partition coefficient (Wildman–Crippen LogP) is 3.22. The Hall–Kier alpha value is -3.74. The topological polar surface area (TPSA) is 89.7 Å². The summed E-state index contributed by atoms with van der Waals surface area (Å²) in [5.41, 5.74) is 1.07. The number of benzene rings is 2. The zero-order valence-electron chi connectivity index (χ0n) is 15.5. The molecule has 0 atom stereocenters. The molecule has 144 valence electrons. The second kappa shape index (κ2) is 8.77. The molecule has 0 aliphatic carbocycles. The number of hydrogen-bond acceptors (Lipinski definition) is 5. The van der Waals surface area contributed by atoms with Crippen molar-refractivity contribution in [1.82, 2.24) is 4.98 Å². The molecule has 1 amide bonds. The van der Waals surface area contributed by atoms with Crippen molar-refractivity contribution in [2.45, 2.75) is 6.61 Å². The zero-order chi connectivity index (χ0) is 19.9. The van der Waals surface area contributed by atoms with Crippen LogP contribution >= 0.6 is 0 Å². The van der Waals surface area contributed by atoms with E-state index in [4.69, 9.17) is 14.2 Å². The molecule has 7 nitrogen and oxygen atoms in total. The molecule has 0 unspecified atom stereocenters. The normalized spacial score (nSPS) is 10.2. The van der Waals surface area contributed by atoms with Crippen LogP contribution in [0.5, 0.6) is 17.2 Å². The molecule has 28 heavy (non-hydrogen) atoms. The van der Waals surface area contributed by atoms with Crippen molar-refractivity contribution >= 4 is 11.6 Å². The van der Waals surface area contributed by atoms with Crippen molar-refractivity contribution in [3.63, 3.8) is 0 Å². The Morgan fingerprint density at radius 2 is 1.79 bits per heavy atom. The second-order valence-electron chi connectivity index (χ2n) is 5.87. The van der Waals surface area contributed by atoms with Crippen LogP contribution in [0, 0.1) is 0 Å². The van der Waals surface area contributed by atoms with E-state index < -0.39 is 11.3 Å². The Bertz CT molecular complexity index is 1010. The van der Waals surface area contributed by atoms with Crippen LogP contribution in [-0.2, 0) is 6.61 Å². The number of carbonyl (C=O) groups excluding carboxylic acids is 1. The number of ether oxygens (including phenoxy) is 3. The van der Waals surface area contributed by atoms with E-state index in [1.807, 2.05) is 30.3 Å². The van der Waals surface area contributed by atoms with E-state index in [0.717, 1.165) is 5.56 Å². The summed E-state index contributed by atoms with van der Waals surface area (Å²) in [5, 5.41) is 2.70. The summed E-state index contributed by atoms with van der Waals surface area (Å²) in [6, 6.07) is 15.7. The number of anilines is 1. The molecular formula is C21H20N2O5. The number of pyridine rings is 1. The smallest absolute Gasteiger partial charge is 0.272 e. The van der Waals surface area contributed by atoms with Gasteiger partial charge in [-0.05, 0) is 17.7 Å². The van der Waals surface area contributed by atoms with Gasteiger partial charge in [-0.1, -0.05) is 30.3 Å². The lowest BCUT2D eigenvalue weighted by Crippen LogP contribution is -2.18. The first-order valence-electron chi connectivity index (χ1n) is 8.53. The average Bonchev–Trinajstić information content (AvgIpc) is 2.73. The Morgan fingerprint density at radius 1 is 1.00 bits per heavy atom. The van der Waals surface area contributed by atoms with Gasteiger partial charge in [-0.15, -0.1) is 0 Å². The van der Waals surface area contributed by atoms with Crippen LogP contribution in [0.2, 0.25) is 0 Å². The van der Waals surface area contributed by atoms with Crippen LogP contribution in [0.25, 0.3) is 0 Å². The molecule has 0 saturated carbocycles. The first-order valence-corrected chi connectivity index (χ1v) is 8.53. The maximum atomic E-state index is 12.5. The number of amides is 1. The van der Waals surface area contributed by atoms with Crippen molar-refractivity contribution in [3.8, 4) is 17.2 Å². The third-order valence-electron chi connectivity index (χ3n) is 4.01. The number of methoxy groups -OCH3 is 2. The molecule has 7 heteroatoms. The van der Waals surface area contributed by atoms with E-state index in [9.17, 15) is 9.59 Å². The fourth-order valence-electron chi connectivity index (χ4n) is 2.54. The van der Waals surface area contributed by atoms with Crippen LogP contribution in [0.3, 0.4) is 0 Å². The largest absolute Gasteiger partial charge is 0.497 e. The lowest BCUT2D eigenvalue weighted by Gasteiger charge is -2.12. The summed E-state index contributed by atoms with van der Waals surface area (Å²) >= 11 is 0. The van der Waals surface area contributed by atoms with Gasteiger partial charge in [0, 0.05) is 18.3 Å². The highest BCUT2D eigenvalue weighted by molar-refractivity contribution is 6.03. The van der Waals surface area contributed by atoms with Gasteiger partial charge in [0.25, 0.3) is 5.91 Å². The van der Waals surface area contributed by atoms with E-state index in [2.05, 4.69) is 10.3 Å². The van der Waals surface area contributed by atoms with Gasteiger partial charge >= 0.3 is 0 Å². The minimum absolute atomic E-state index is 0.0990. The van der Waals surface area contributed by atoms with Gasteiger partial charge in [-0.25, -0.2) is 0 Å². The zero-order valence-corrected chi connectivity index (χ0v) is 15.5. The highest BCUT2D eigenvalue weighted by Gasteiger charge is 2.13. The van der Waals surface area contributed by atoms with E-state index in [0.29, 0.717) is 17.2 Å². The van der Waals surface area contributed by atoms with E-state index in [1.54, 1.807) is 18.2 Å². The number of hydrogen-bond donors (Lipinski definition) is 2. The fourth-order valence-corrected chi connectivity index (χ4v) is 2.54. The maximum absolute atomic E-state index is 12.5. The second-order valence-corrected chi connectivity index (χ2v) is 5.87. The lowest BCUT2D eigenvalue weighted by molar-refractivity contribution is 0.102. The van der Waals surface area contributed by atoms with Crippen LogP contribution in [0.15, 0.2) is 65.6 Å². The molecule has 0 aliphatic heterocycles. The number of aromatic nitrogens is 1. The fraction of sp³-hybridized carbons (Fsp3) is 0.143. The van der Waals surface area contributed by atoms with Crippen LogP contribution in [0.1, 0.15) is 16.1 Å². The van der Waals surface area contributed by atoms with Gasteiger partial charge in [-0.3, -0.25) is 9.59 Å². The molecule has 2 N–H and O–H groups in total. The lowest BCUT2D eigenvalue weighted by atomic mass is 10.2. The number of rotatable bonds is 7. The summed E-state index contributed by atoms with van der Waals surface area (Å²) in [6.07, 6.45) is 1.38. The molecule has 1 heterocycles. The summed E-state index contributed by atoms with van der Waals surface area (Å²) in [7, 11) is 3.03. The van der Waals surface area contributed by atoms with Crippen LogP contribution in [0.4, 0.5) is 5.69 Å². The van der Waals surface area contributed by atoms with Crippen molar-refractivity contribution < 1.29 is 19.0 Å². The Balaban J connectivity index is 1.73. The van der Waals surface area contributed by atoms with Gasteiger partial charge < -0.3 is 24.5 Å². The standard InChI is InChI=1S/C21H20N2O5/c1-26-15-8-9-19(27-2)16(10-15)23-21(25)17-11-18(24)20(12-22-17)28-13-14-6-4-3-5-7-14/h3-12H,13H2,1-2H3,(H,22,24)(H,23,25). The SMILES string of the molecule is COc1ccc(OC)c(NC(=O)c2cc(=O)c(OCc3ccccc3)c[nH]2)c1. The van der Waals surface area contributed by atoms with Crippen molar-refractivity contribution in [1.29, 1.82) is 0 Å². The van der Waals surface area contributed by atoms with Crippen LogP contribution in [-0.4, -0.2) is 25.1 Å². The molecule has 1 aromatic heterocycles. The number of carbonyl (C=O) groups is 1. The number of H-pyrrole nitrogens is 1. The van der Waals surface area contributed by atoms with Crippen molar-refractivity contribution in [2.75, 3.05) is 19.5 Å². The summed E-state index contributed by atoms with van der Waals surface area (Å²) in [6.45, 7) is 0.260. The Morgan fingerprint density at radius 3 is 2.46 bits per heavy atom. The number of nitrogens with one attached hydrogen (secondary N) is 2. The molecule has 0 fully saturated rings. The highest BCUT2D eigenvalue weighted by atomic mass is 16.5. The summed E-state index contributed by atoms with van der Waals surface area (Å²) in [5.74, 6) is 0.686. The first kappa shape index (κ1) is 19.0. The molecule has 3 rings (SSSR count). The highest BCUT2D eigenvalue weighted by Crippen LogP contribution is 2.29. The molecule has 3 aromatic rings. The van der Waals surface area contributed by atoms with E-state index in [1.165, 1.54) is 26.5 Å². The Kier molecular flexibility index (Phi) is 5.96. The minimum Gasteiger partial charge on any atom is -0.497 e. The molecule has 0 aliphatic rings. The molecule has 0 bridgehead atoms. The summed E-state index contributed by atoms with van der Waals surface area (Å²) in [4.78, 5) is 27.6. The molecule has 0 radical (unpaired) electrons. The molecule has 0 spiro atoms. The predicted molar refractivity (Wildman–Crippen MR) is 105 cm³/mol. The summed E-state index contributed by atoms with van der Waals surface area (Å²) < 4.78 is 15.9. The third-order valence-corrected chi connectivity index (χ3v) is 4.01. The van der Waals surface area contributed by atoms with Gasteiger partial charge in [0.15, 0.2) is 5.75 Å². The maximum Gasteiger partial charge on any atom is 0.272 e. The van der Waals surface area contributed by atoms with Gasteiger partial charge in [-0.2, -0.15) is 0 Å². The van der Waals surface area contributed by atoms with Gasteiger partial charge in [0.1, 0.15) is 23.8 Å². The molecule has 2 aromatic carbocycles. The van der Waals surface area contributed by atoms with Gasteiger partial charge in [0.05, 0.1) is 19.9 Å². The average molecular weight is 380 g/mol. The molecule has 0 saturated heterocycles. The first-order chi connectivity index (χ1) is 13.6. The minimum atomic E-state index is -0.488. The van der Waals surface area contributed by atoms with E-state index in [-0.39, 0.29) is 18.1 Å². The van der Waals surface area contributed by atoms with Crippen LogP contribution < -0.4 is 25.0 Å². The van der Waals surface area contributed by atoms with Crippen molar-refractivity contribution in [2.24, 2.45) is 0 Å². The monoisotopic (exact) mass is 380 g/mol. The van der Waals surface area contributed by atoms with Crippen molar-refractivity contribution in [3.05, 3.63) is 82.3 Å². The Labute approximate surface area is 161 Å². The molecular weight excluding hydrogens is 360 g/mol. The third kappa shape index (κ3) is 4.50.